The van der Waals surface area contributed by atoms with E-state index in [0.717, 1.165) is 0 Å². The third kappa shape index (κ3) is 5.59. The van der Waals surface area contributed by atoms with Crippen LogP contribution in [0.3, 0.4) is 0 Å². The van der Waals surface area contributed by atoms with Gasteiger partial charge in [0.1, 0.15) is 11.9 Å². The van der Waals surface area contributed by atoms with Crippen LogP contribution in [0.1, 0.15) is 41.5 Å². The van der Waals surface area contributed by atoms with Gasteiger partial charge in [0.2, 0.25) is 5.91 Å². The number of amides is 1. The van der Waals surface area contributed by atoms with Gasteiger partial charge < -0.3 is 20.3 Å². The summed E-state index contributed by atoms with van der Waals surface area (Å²) >= 11 is 0. The smallest absolute Gasteiger partial charge is 0.242 e. The molecular formula is C19H30FN3O2. The molecule has 1 aromatic rings. The minimum Gasteiger partial charge on any atom is -0.374 e. The number of carbonyl (C=O) groups excluding carboxylic acids is 1. The molecule has 1 aromatic carbocycles. The van der Waals surface area contributed by atoms with Gasteiger partial charge in [0.05, 0.1) is 17.9 Å². The second kappa shape index (κ2) is 7.60. The van der Waals surface area contributed by atoms with Crippen molar-refractivity contribution >= 4 is 17.3 Å². The molecule has 3 unspecified atom stereocenters. The zero-order valence-electron chi connectivity index (χ0n) is 16.0. The van der Waals surface area contributed by atoms with Crippen LogP contribution >= 0.6 is 0 Å². The number of nitrogens with zero attached hydrogens (tertiary/aromatic N) is 1. The van der Waals surface area contributed by atoms with E-state index in [2.05, 4.69) is 10.6 Å². The molecule has 1 aliphatic heterocycles. The number of nitrogens with one attached hydrogen (secondary N) is 2. The van der Waals surface area contributed by atoms with E-state index < -0.39 is 6.04 Å². The number of morpholine rings is 1. The first-order chi connectivity index (χ1) is 11.5. The van der Waals surface area contributed by atoms with Gasteiger partial charge in [-0.25, -0.2) is 4.39 Å². The van der Waals surface area contributed by atoms with E-state index >= 15 is 0 Å². The van der Waals surface area contributed by atoms with Gasteiger partial charge in [-0.05, 0) is 59.7 Å². The Kier molecular flexibility index (Phi) is 5.93. The second-order valence-corrected chi connectivity index (χ2v) is 7.93. The summed E-state index contributed by atoms with van der Waals surface area (Å²) in [6, 6.07) is 4.56. The van der Waals surface area contributed by atoms with Gasteiger partial charge in [0, 0.05) is 24.3 Å². The number of hydrogen-bond donors (Lipinski definition) is 2. The number of ether oxygens (including phenoxy) is 1. The maximum atomic E-state index is 14.6. The lowest BCUT2D eigenvalue weighted by Crippen LogP contribution is -2.47. The molecule has 0 radical (unpaired) electrons. The fraction of sp³-hybridized carbons (Fsp3) is 0.632. The fourth-order valence-electron chi connectivity index (χ4n) is 3.02. The molecular weight excluding hydrogens is 321 g/mol. The van der Waals surface area contributed by atoms with Crippen LogP contribution in [0.2, 0.25) is 0 Å². The van der Waals surface area contributed by atoms with Crippen LogP contribution in [0.5, 0.6) is 0 Å². The highest BCUT2D eigenvalue weighted by Crippen LogP contribution is 2.26. The van der Waals surface area contributed by atoms with Crippen molar-refractivity contribution < 1.29 is 13.9 Å². The molecule has 1 heterocycles. The van der Waals surface area contributed by atoms with Gasteiger partial charge in [-0.2, -0.15) is 0 Å². The van der Waals surface area contributed by atoms with Crippen LogP contribution < -0.4 is 15.5 Å². The van der Waals surface area contributed by atoms with Crippen LogP contribution in [0.4, 0.5) is 15.8 Å². The average molecular weight is 351 g/mol. The van der Waals surface area contributed by atoms with Crippen molar-refractivity contribution in [3.8, 4) is 0 Å². The molecule has 6 heteroatoms. The molecule has 1 saturated heterocycles. The molecule has 1 aliphatic rings. The molecule has 25 heavy (non-hydrogen) atoms. The van der Waals surface area contributed by atoms with Gasteiger partial charge in [-0.15, -0.1) is 0 Å². The Balaban J connectivity index is 2.05. The minimum absolute atomic E-state index is 0.0714. The third-order valence-electron chi connectivity index (χ3n) is 3.98. The molecule has 0 bridgehead atoms. The highest BCUT2D eigenvalue weighted by molar-refractivity contribution is 5.84. The molecule has 3 atom stereocenters. The lowest BCUT2D eigenvalue weighted by molar-refractivity contribution is -0.122. The predicted molar refractivity (Wildman–Crippen MR) is 99.6 cm³/mol. The topological polar surface area (TPSA) is 53.6 Å². The summed E-state index contributed by atoms with van der Waals surface area (Å²) in [4.78, 5) is 14.2. The predicted octanol–water partition coefficient (Wildman–Crippen LogP) is 3.15. The van der Waals surface area contributed by atoms with Crippen LogP contribution in [0.25, 0.3) is 0 Å². The van der Waals surface area contributed by atoms with Crippen molar-refractivity contribution in [2.45, 2.75) is 65.3 Å². The van der Waals surface area contributed by atoms with E-state index in [-0.39, 0.29) is 29.5 Å². The van der Waals surface area contributed by atoms with E-state index in [0.29, 0.717) is 24.5 Å². The molecule has 2 N–H and O–H groups in total. The summed E-state index contributed by atoms with van der Waals surface area (Å²) < 4.78 is 20.3. The number of hydrogen-bond acceptors (Lipinski definition) is 4. The number of halogens is 1. The Labute approximate surface area is 149 Å². The highest BCUT2D eigenvalue weighted by Gasteiger charge is 2.25. The number of anilines is 2. The Morgan fingerprint density at radius 1 is 1.28 bits per heavy atom. The summed E-state index contributed by atoms with van der Waals surface area (Å²) in [7, 11) is 0. The number of benzene rings is 1. The highest BCUT2D eigenvalue weighted by atomic mass is 19.1. The first-order valence-electron chi connectivity index (χ1n) is 8.83. The van der Waals surface area contributed by atoms with Crippen molar-refractivity contribution in [2.75, 3.05) is 23.3 Å². The molecule has 5 nitrogen and oxygen atoms in total. The normalized spacial score (nSPS) is 22.4. The SMILES string of the molecule is CC1CN(c2ccc(NC(C)C(=O)NC(C)(C)C)cc2F)CC(C)O1. The summed E-state index contributed by atoms with van der Waals surface area (Å²) in [5.74, 6) is -0.414. The number of carbonyl (C=O) groups is 1. The van der Waals surface area contributed by atoms with Crippen molar-refractivity contribution in [3.05, 3.63) is 24.0 Å². The summed E-state index contributed by atoms with van der Waals surface area (Å²) in [6.07, 6.45) is 0.143. The monoisotopic (exact) mass is 351 g/mol. The van der Waals surface area contributed by atoms with Gasteiger partial charge in [-0.1, -0.05) is 0 Å². The van der Waals surface area contributed by atoms with Gasteiger partial charge in [-0.3, -0.25) is 4.79 Å². The lowest BCUT2D eigenvalue weighted by atomic mass is 10.1. The van der Waals surface area contributed by atoms with Gasteiger partial charge >= 0.3 is 0 Å². The fourth-order valence-corrected chi connectivity index (χ4v) is 3.02. The zero-order valence-corrected chi connectivity index (χ0v) is 16.0. The van der Waals surface area contributed by atoms with Gasteiger partial charge in [0.15, 0.2) is 0 Å². The standard InChI is InChI=1S/C19H30FN3O2/c1-12-10-23(11-13(2)25-12)17-8-7-15(9-16(17)20)21-14(3)18(24)22-19(4,5)6/h7-9,12-14,21H,10-11H2,1-6H3,(H,22,24). The maximum Gasteiger partial charge on any atom is 0.242 e. The lowest BCUT2D eigenvalue weighted by Gasteiger charge is -2.37. The van der Waals surface area contributed by atoms with E-state index in [4.69, 9.17) is 4.74 Å². The first kappa shape index (κ1) is 19.5. The van der Waals surface area contributed by atoms with Crippen LogP contribution in [0.15, 0.2) is 18.2 Å². The second-order valence-electron chi connectivity index (χ2n) is 7.93. The quantitative estimate of drug-likeness (QED) is 0.875. The van der Waals surface area contributed by atoms with Crippen molar-refractivity contribution in [1.82, 2.24) is 5.32 Å². The Hall–Kier alpha value is -1.82. The average Bonchev–Trinajstić information content (AvgIpc) is 2.44. The van der Waals surface area contributed by atoms with E-state index in [1.165, 1.54) is 6.07 Å². The Morgan fingerprint density at radius 2 is 1.88 bits per heavy atom. The summed E-state index contributed by atoms with van der Waals surface area (Å²) in [5, 5.41) is 5.97. The molecule has 0 aliphatic carbocycles. The molecule has 0 spiro atoms. The maximum absolute atomic E-state index is 14.6. The Bertz CT molecular complexity index is 605. The molecule has 0 saturated carbocycles. The van der Waals surface area contributed by atoms with Crippen LogP contribution in [0, 0.1) is 5.82 Å². The van der Waals surface area contributed by atoms with Crippen molar-refractivity contribution in [2.24, 2.45) is 0 Å². The molecule has 1 amide bonds. The molecule has 2 rings (SSSR count). The van der Waals surface area contributed by atoms with E-state index in [1.54, 1.807) is 13.0 Å². The molecule has 0 aromatic heterocycles. The minimum atomic E-state index is -0.451. The van der Waals surface area contributed by atoms with Gasteiger partial charge in [0.25, 0.3) is 0 Å². The summed E-state index contributed by atoms with van der Waals surface area (Å²) in [5.41, 5.74) is 0.859. The molecule has 140 valence electrons. The van der Waals surface area contributed by atoms with E-state index in [9.17, 15) is 9.18 Å². The number of rotatable bonds is 4. The molecule has 1 fully saturated rings. The third-order valence-corrected chi connectivity index (χ3v) is 3.98. The summed E-state index contributed by atoms with van der Waals surface area (Å²) in [6.45, 7) is 12.9. The van der Waals surface area contributed by atoms with Crippen molar-refractivity contribution in [1.29, 1.82) is 0 Å². The van der Waals surface area contributed by atoms with E-state index in [1.807, 2.05) is 45.6 Å². The van der Waals surface area contributed by atoms with Crippen LogP contribution in [-0.4, -0.2) is 42.8 Å². The zero-order chi connectivity index (χ0) is 18.8. The largest absolute Gasteiger partial charge is 0.374 e. The van der Waals surface area contributed by atoms with Crippen LogP contribution in [-0.2, 0) is 9.53 Å². The first-order valence-corrected chi connectivity index (χ1v) is 8.83. The Morgan fingerprint density at radius 3 is 2.40 bits per heavy atom. The van der Waals surface area contributed by atoms with Crippen molar-refractivity contribution in [3.63, 3.8) is 0 Å².